The predicted octanol–water partition coefficient (Wildman–Crippen LogP) is 1.55. The van der Waals surface area contributed by atoms with E-state index in [1.807, 2.05) is 13.8 Å². The second-order valence-corrected chi connectivity index (χ2v) is 4.19. The summed E-state index contributed by atoms with van der Waals surface area (Å²) in [6.07, 6.45) is 0. The molecule has 1 heterocycles. The number of aromatic nitrogens is 1. The Bertz CT molecular complexity index is 506. The van der Waals surface area contributed by atoms with Crippen LogP contribution in [0.25, 0.3) is 0 Å². The van der Waals surface area contributed by atoms with Gasteiger partial charge in [0.25, 0.3) is 0 Å². The van der Waals surface area contributed by atoms with E-state index in [0.717, 1.165) is 12.1 Å². The third-order valence-corrected chi connectivity index (χ3v) is 2.82. The van der Waals surface area contributed by atoms with Gasteiger partial charge in [0, 0.05) is 19.7 Å². The largest absolute Gasteiger partial charge is 0.477 e. The summed E-state index contributed by atoms with van der Waals surface area (Å²) in [6.45, 7) is 4.43. The molecule has 1 aromatic rings. The molecule has 1 aromatic heterocycles. The minimum Gasteiger partial charge on any atom is -0.477 e. The smallest absolute Gasteiger partial charge is 0.354 e. The minimum atomic E-state index is -1.23. The molecule has 0 saturated heterocycles. The summed E-state index contributed by atoms with van der Waals surface area (Å²) in [4.78, 5) is 27.0. The average molecular weight is 283 g/mol. The van der Waals surface area contributed by atoms with Crippen molar-refractivity contribution in [3.05, 3.63) is 27.9 Å². The molecule has 0 spiro atoms. The lowest BCUT2D eigenvalue weighted by molar-refractivity contribution is -0.384. The summed E-state index contributed by atoms with van der Waals surface area (Å²) in [6, 6.07) is 2.12. The molecule has 1 N–H and O–H groups in total. The van der Waals surface area contributed by atoms with E-state index in [9.17, 15) is 14.9 Å². The lowest BCUT2D eigenvalue weighted by Gasteiger charge is -2.28. The Morgan fingerprint density at radius 2 is 2.25 bits per heavy atom. The molecule has 1 atom stereocenters. The number of methoxy groups -OCH3 is 1. The lowest BCUT2D eigenvalue weighted by Crippen LogP contribution is -2.37. The number of hydrogen-bond donors (Lipinski definition) is 1. The second-order valence-electron chi connectivity index (χ2n) is 4.19. The molecule has 110 valence electrons. The first-order valence-corrected chi connectivity index (χ1v) is 6.06. The van der Waals surface area contributed by atoms with Crippen molar-refractivity contribution in [2.24, 2.45) is 0 Å². The number of rotatable bonds is 7. The summed E-state index contributed by atoms with van der Waals surface area (Å²) in [5.41, 5.74) is -0.450. The quantitative estimate of drug-likeness (QED) is 0.597. The Labute approximate surface area is 116 Å². The molecule has 0 saturated carbocycles. The van der Waals surface area contributed by atoms with E-state index in [0.29, 0.717) is 13.2 Å². The van der Waals surface area contributed by atoms with Crippen molar-refractivity contribution in [2.45, 2.75) is 19.9 Å². The van der Waals surface area contributed by atoms with Gasteiger partial charge in [0.15, 0.2) is 5.69 Å². The van der Waals surface area contributed by atoms with E-state index in [2.05, 4.69) is 4.98 Å². The van der Waals surface area contributed by atoms with Crippen molar-refractivity contribution in [1.82, 2.24) is 4.98 Å². The zero-order valence-corrected chi connectivity index (χ0v) is 11.6. The minimum absolute atomic E-state index is 0.0435. The third kappa shape index (κ3) is 3.41. The van der Waals surface area contributed by atoms with Crippen molar-refractivity contribution in [3.63, 3.8) is 0 Å². The first-order chi connectivity index (χ1) is 9.42. The topological polar surface area (TPSA) is 106 Å². The molecule has 0 aliphatic carbocycles. The maximum Gasteiger partial charge on any atom is 0.354 e. The molecule has 8 heteroatoms. The number of anilines is 1. The predicted molar refractivity (Wildman–Crippen MR) is 72.2 cm³/mol. The van der Waals surface area contributed by atoms with Crippen LogP contribution in [0.5, 0.6) is 0 Å². The number of likely N-dealkylation sites (N-methyl/N-ethyl adjacent to an activating group) is 1. The van der Waals surface area contributed by atoms with Crippen LogP contribution in [-0.2, 0) is 4.74 Å². The number of carboxylic acids is 1. The molecule has 0 radical (unpaired) electrons. The van der Waals surface area contributed by atoms with Crippen molar-refractivity contribution in [3.8, 4) is 0 Å². The first-order valence-electron chi connectivity index (χ1n) is 6.06. The molecule has 0 bridgehead atoms. The van der Waals surface area contributed by atoms with Gasteiger partial charge in [0.2, 0.25) is 5.82 Å². The SMILES string of the molecule is CCN(c1nc(C(=O)O)ccc1[N+](=O)[O-])C(C)COC. The molecule has 0 aliphatic heterocycles. The van der Waals surface area contributed by atoms with Gasteiger partial charge in [0.1, 0.15) is 0 Å². The number of carbonyl (C=O) groups is 1. The Morgan fingerprint density at radius 3 is 2.70 bits per heavy atom. The van der Waals surface area contributed by atoms with E-state index >= 15 is 0 Å². The normalized spacial score (nSPS) is 11.9. The van der Waals surface area contributed by atoms with E-state index < -0.39 is 10.9 Å². The van der Waals surface area contributed by atoms with Gasteiger partial charge in [-0.15, -0.1) is 0 Å². The van der Waals surface area contributed by atoms with Crippen LogP contribution in [0.3, 0.4) is 0 Å². The lowest BCUT2D eigenvalue weighted by atomic mass is 10.2. The van der Waals surface area contributed by atoms with Gasteiger partial charge in [0.05, 0.1) is 17.6 Å². The van der Waals surface area contributed by atoms with Crippen molar-refractivity contribution < 1.29 is 19.6 Å². The van der Waals surface area contributed by atoms with Crippen molar-refractivity contribution in [1.29, 1.82) is 0 Å². The van der Waals surface area contributed by atoms with Crippen LogP contribution in [0.4, 0.5) is 11.5 Å². The molecule has 1 rings (SSSR count). The molecule has 0 aliphatic rings. The molecule has 0 aromatic carbocycles. The number of nitrogens with zero attached hydrogens (tertiary/aromatic N) is 3. The van der Waals surface area contributed by atoms with Crippen LogP contribution in [0.15, 0.2) is 12.1 Å². The monoisotopic (exact) mass is 283 g/mol. The van der Waals surface area contributed by atoms with Crippen molar-refractivity contribution >= 4 is 17.5 Å². The van der Waals surface area contributed by atoms with Gasteiger partial charge in [-0.1, -0.05) is 0 Å². The van der Waals surface area contributed by atoms with Gasteiger partial charge < -0.3 is 14.7 Å². The van der Waals surface area contributed by atoms with E-state index in [1.165, 1.54) is 7.11 Å². The number of hydrogen-bond acceptors (Lipinski definition) is 6. The number of pyridine rings is 1. The van der Waals surface area contributed by atoms with Crippen LogP contribution in [0.2, 0.25) is 0 Å². The van der Waals surface area contributed by atoms with E-state index in [1.54, 1.807) is 4.90 Å². The maximum absolute atomic E-state index is 11.1. The van der Waals surface area contributed by atoms with Gasteiger partial charge >= 0.3 is 11.7 Å². The Balaban J connectivity index is 3.32. The molecule has 1 unspecified atom stereocenters. The molecular formula is C12H17N3O5. The standard InChI is InChI=1S/C12H17N3O5/c1-4-14(8(2)7-20-3)11-10(15(18)19)6-5-9(13-11)12(16)17/h5-6,8H,4,7H2,1-3H3,(H,16,17). The van der Waals surface area contributed by atoms with E-state index in [-0.39, 0.29) is 23.2 Å². The number of carboxylic acid groups (broad SMARTS) is 1. The average Bonchev–Trinajstić information content (AvgIpc) is 2.39. The zero-order valence-electron chi connectivity index (χ0n) is 11.6. The van der Waals surface area contributed by atoms with Gasteiger partial charge in [-0.3, -0.25) is 10.1 Å². The highest BCUT2D eigenvalue weighted by Gasteiger charge is 2.25. The van der Waals surface area contributed by atoms with Gasteiger partial charge in [-0.05, 0) is 19.9 Å². The molecule has 0 fully saturated rings. The Kier molecular flexibility index (Phi) is 5.39. The summed E-state index contributed by atoms with van der Waals surface area (Å²) < 4.78 is 5.03. The second kappa shape index (κ2) is 6.80. The van der Waals surface area contributed by atoms with Crippen LogP contribution < -0.4 is 4.90 Å². The van der Waals surface area contributed by atoms with Crippen LogP contribution >= 0.6 is 0 Å². The van der Waals surface area contributed by atoms with Crippen molar-refractivity contribution in [2.75, 3.05) is 25.2 Å². The summed E-state index contributed by atoms with van der Waals surface area (Å²) in [5.74, 6) is -1.18. The summed E-state index contributed by atoms with van der Waals surface area (Å²) in [7, 11) is 1.53. The summed E-state index contributed by atoms with van der Waals surface area (Å²) >= 11 is 0. The fourth-order valence-corrected chi connectivity index (χ4v) is 1.92. The fourth-order valence-electron chi connectivity index (χ4n) is 1.92. The van der Waals surface area contributed by atoms with Crippen LogP contribution in [0.1, 0.15) is 24.3 Å². The Morgan fingerprint density at radius 1 is 1.60 bits per heavy atom. The van der Waals surface area contributed by atoms with Crippen LogP contribution in [0, 0.1) is 10.1 Å². The number of aromatic carboxylic acids is 1. The van der Waals surface area contributed by atoms with E-state index in [4.69, 9.17) is 9.84 Å². The number of nitro groups is 1. The molecule has 0 amide bonds. The molecule has 20 heavy (non-hydrogen) atoms. The summed E-state index contributed by atoms with van der Waals surface area (Å²) in [5, 5.41) is 20.0. The highest BCUT2D eigenvalue weighted by molar-refractivity contribution is 5.86. The highest BCUT2D eigenvalue weighted by atomic mass is 16.6. The third-order valence-electron chi connectivity index (χ3n) is 2.82. The Hall–Kier alpha value is -2.22. The van der Waals surface area contributed by atoms with Gasteiger partial charge in [-0.2, -0.15) is 0 Å². The van der Waals surface area contributed by atoms with Crippen LogP contribution in [-0.4, -0.2) is 47.3 Å². The zero-order chi connectivity index (χ0) is 15.3. The van der Waals surface area contributed by atoms with Gasteiger partial charge in [-0.25, -0.2) is 9.78 Å². The number of ether oxygens (including phenoxy) is 1. The fraction of sp³-hybridized carbons (Fsp3) is 0.500. The highest BCUT2D eigenvalue weighted by Crippen LogP contribution is 2.27. The molecular weight excluding hydrogens is 266 g/mol. The first kappa shape index (κ1) is 15.8. The maximum atomic E-state index is 11.1. The molecule has 8 nitrogen and oxygen atoms in total.